The zero-order valence-corrected chi connectivity index (χ0v) is 11.0. The summed E-state index contributed by atoms with van der Waals surface area (Å²) in [4.78, 5) is 12.0. The van der Waals surface area contributed by atoms with E-state index in [9.17, 15) is 4.79 Å². The van der Waals surface area contributed by atoms with Crippen LogP contribution in [0.3, 0.4) is 0 Å². The van der Waals surface area contributed by atoms with Gasteiger partial charge in [-0.1, -0.05) is 0 Å². The second-order valence-electron chi connectivity index (χ2n) is 5.04. The predicted molar refractivity (Wildman–Crippen MR) is 69.4 cm³/mol. The number of Topliss-reactive ketones (excluding diaryl/α,β-unsaturated/α-hetero) is 1. The first-order chi connectivity index (χ1) is 8.59. The van der Waals surface area contributed by atoms with Gasteiger partial charge in [-0.25, -0.2) is 0 Å². The highest BCUT2D eigenvalue weighted by Crippen LogP contribution is 2.29. The third-order valence-electron chi connectivity index (χ3n) is 3.72. The molecule has 1 N–H and O–H groups in total. The highest BCUT2D eigenvalue weighted by atomic mass is 16.1. The SMILES string of the molecule is Cc1n[nH]c(C)c1-n1c(C)cc2c1CCCC2=O. The van der Waals surface area contributed by atoms with Crippen molar-refractivity contribution in [1.82, 2.24) is 14.8 Å². The molecule has 2 heterocycles. The molecule has 0 saturated carbocycles. The lowest BCUT2D eigenvalue weighted by Crippen LogP contribution is -2.13. The normalized spacial score (nSPS) is 14.9. The van der Waals surface area contributed by atoms with E-state index in [1.165, 1.54) is 0 Å². The topological polar surface area (TPSA) is 50.7 Å². The van der Waals surface area contributed by atoms with Crippen molar-refractivity contribution in [3.63, 3.8) is 0 Å². The molecule has 0 amide bonds. The minimum absolute atomic E-state index is 0.275. The standard InChI is InChI=1S/C14H17N3O/c1-8-7-11-12(5-4-6-13(11)18)17(8)14-9(2)15-16-10(14)3/h7H,4-6H2,1-3H3,(H,15,16). The summed E-state index contributed by atoms with van der Waals surface area (Å²) in [5.41, 5.74) is 6.29. The van der Waals surface area contributed by atoms with E-state index in [1.54, 1.807) is 0 Å². The van der Waals surface area contributed by atoms with E-state index in [0.29, 0.717) is 6.42 Å². The molecule has 2 aromatic rings. The molecule has 1 aliphatic rings. The fourth-order valence-corrected chi connectivity index (χ4v) is 2.91. The summed E-state index contributed by atoms with van der Waals surface area (Å²) >= 11 is 0. The molecule has 0 unspecified atom stereocenters. The van der Waals surface area contributed by atoms with Crippen LogP contribution >= 0.6 is 0 Å². The average Bonchev–Trinajstić information content (AvgIpc) is 2.81. The van der Waals surface area contributed by atoms with Crippen molar-refractivity contribution in [2.45, 2.75) is 40.0 Å². The van der Waals surface area contributed by atoms with Gasteiger partial charge in [-0.15, -0.1) is 0 Å². The third-order valence-corrected chi connectivity index (χ3v) is 3.72. The fraction of sp³-hybridized carbons (Fsp3) is 0.429. The summed E-state index contributed by atoms with van der Waals surface area (Å²) in [5.74, 6) is 0.275. The van der Waals surface area contributed by atoms with E-state index < -0.39 is 0 Å². The van der Waals surface area contributed by atoms with E-state index in [-0.39, 0.29) is 5.78 Å². The lowest BCUT2D eigenvalue weighted by molar-refractivity contribution is 0.0972. The Morgan fingerprint density at radius 3 is 2.72 bits per heavy atom. The molecule has 0 bridgehead atoms. The van der Waals surface area contributed by atoms with Crippen LogP contribution in [-0.2, 0) is 6.42 Å². The summed E-state index contributed by atoms with van der Waals surface area (Å²) in [7, 11) is 0. The minimum atomic E-state index is 0.275. The zero-order valence-electron chi connectivity index (χ0n) is 11.0. The summed E-state index contributed by atoms with van der Waals surface area (Å²) in [6.07, 6.45) is 2.60. The van der Waals surface area contributed by atoms with Crippen LogP contribution in [0.25, 0.3) is 5.69 Å². The van der Waals surface area contributed by atoms with Gasteiger partial charge in [0, 0.05) is 23.4 Å². The number of carbonyl (C=O) groups is 1. The van der Waals surface area contributed by atoms with Crippen LogP contribution in [0.1, 0.15) is 46.0 Å². The quantitative estimate of drug-likeness (QED) is 0.837. The number of nitrogens with one attached hydrogen (secondary N) is 1. The van der Waals surface area contributed by atoms with Crippen LogP contribution < -0.4 is 0 Å². The summed E-state index contributed by atoms with van der Waals surface area (Å²) < 4.78 is 2.19. The van der Waals surface area contributed by atoms with Crippen LogP contribution in [0.15, 0.2) is 6.07 Å². The van der Waals surface area contributed by atoms with Gasteiger partial charge in [0.1, 0.15) is 0 Å². The van der Waals surface area contributed by atoms with Crippen molar-refractivity contribution >= 4 is 5.78 Å². The van der Waals surface area contributed by atoms with E-state index in [2.05, 4.69) is 21.7 Å². The molecule has 3 rings (SSSR count). The zero-order chi connectivity index (χ0) is 12.9. The Bertz CT molecular complexity index is 614. The summed E-state index contributed by atoms with van der Waals surface area (Å²) in [5, 5.41) is 7.27. The van der Waals surface area contributed by atoms with E-state index in [4.69, 9.17) is 0 Å². The van der Waals surface area contributed by atoms with Gasteiger partial charge in [0.15, 0.2) is 5.78 Å². The van der Waals surface area contributed by atoms with Crippen molar-refractivity contribution in [1.29, 1.82) is 0 Å². The van der Waals surface area contributed by atoms with Gasteiger partial charge < -0.3 is 4.57 Å². The molecular weight excluding hydrogens is 226 g/mol. The Balaban J connectivity index is 2.28. The average molecular weight is 243 g/mol. The molecule has 0 radical (unpaired) electrons. The Morgan fingerprint density at radius 1 is 1.28 bits per heavy atom. The molecule has 94 valence electrons. The van der Waals surface area contributed by atoms with Gasteiger partial charge in [-0.05, 0) is 39.7 Å². The molecule has 4 nitrogen and oxygen atoms in total. The number of hydrogen-bond donors (Lipinski definition) is 1. The number of aryl methyl sites for hydroxylation is 3. The largest absolute Gasteiger partial charge is 0.314 e. The van der Waals surface area contributed by atoms with Gasteiger partial charge >= 0.3 is 0 Å². The van der Waals surface area contributed by atoms with Crippen LogP contribution in [0.5, 0.6) is 0 Å². The first-order valence-electron chi connectivity index (χ1n) is 6.36. The molecule has 0 atom stereocenters. The van der Waals surface area contributed by atoms with Gasteiger partial charge in [0.25, 0.3) is 0 Å². The Morgan fingerprint density at radius 2 is 2.06 bits per heavy atom. The molecule has 1 aliphatic carbocycles. The Hall–Kier alpha value is -1.84. The number of fused-ring (bicyclic) bond motifs is 1. The number of ketones is 1. The minimum Gasteiger partial charge on any atom is -0.314 e. The van der Waals surface area contributed by atoms with Crippen LogP contribution in [-0.4, -0.2) is 20.5 Å². The second-order valence-corrected chi connectivity index (χ2v) is 5.04. The molecule has 0 aromatic carbocycles. The number of hydrogen-bond acceptors (Lipinski definition) is 2. The highest BCUT2D eigenvalue weighted by Gasteiger charge is 2.25. The molecule has 18 heavy (non-hydrogen) atoms. The second kappa shape index (κ2) is 3.83. The molecule has 2 aromatic heterocycles. The van der Waals surface area contributed by atoms with Crippen molar-refractivity contribution < 1.29 is 4.79 Å². The van der Waals surface area contributed by atoms with E-state index >= 15 is 0 Å². The van der Waals surface area contributed by atoms with E-state index in [0.717, 1.165) is 46.9 Å². The monoisotopic (exact) mass is 243 g/mol. The highest BCUT2D eigenvalue weighted by molar-refractivity contribution is 5.98. The molecular formula is C14H17N3O. The number of nitrogens with zero attached hydrogens (tertiary/aromatic N) is 2. The first kappa shape index (κ1) is 11.3. The molecule has 4 heteroatoms. The smallest absolute Gasteiger partial charge is 0.164 e. The lowest BCUT2D eigenvalue weighted by atomic mass is 9.96. The van der Waals surface area contributed by atoms with E-state index in [1.807, 2.05) is 19.9 Å². The van der Waals surface area contributed by atoms with Gasteiger partial charge in [-0.2, -0.15) is 5.10 Å². The maximum absolute atomic E-state index is 12.0. The number of carbonyl (C=O) groups excluding carboxylic acids is 1. The Kier molecular flexibility index (Phi) is 2.40. The van der Waals surface area contributed by atoms with Gasteiger partial charge in [-0.3, -0.25) is 9.89 Å². The van der Waals surface area contributed by atoms with Gasteiger partial charge in [0.05, 0.1) is 17.1 Å². The van der Waals surface area contributed by atoms with Crippen molar-refractivity contribution in [3.8, 4) is 5.69 Å². The maximum atomic E-state index is 12.0. The van der Waals surface area contributed by atoms with Crippen LogP contribution in [0.2, 0.25) is 0 Å². The Labute approximate surface area is 106 Å². The number of rotatable bonds is 1. The molecule has 0 saturated heterocycles. The third kappa shape index (κ3) is 1.45. The van der Waals surface area contributed by atoms with Crippen molar-refractivity contribution in [3.05, 3.63) is 34.4 Å². The molecule has 0 aliphatic heterocycles. The number of H-pyrrole nitrogens is 1. The lowest BCUT2D eigenvalue weighted by Gasteiger charge is -2.16. The predicted octanol–water partition coefficient (Wildman–Crippen LogP) is 2.64. The number of aromatic nitrogens is 3. The summed E-state index contributed by atoms with van der Waals surface area (Å²) in [6.45, 7) is 6.07. The fourth-order valence-electron chi connectivity index (χ4n) is 2.91. The molecule has 0 spiro atoms. The first-order valence-corrected chi connectivity index (χ1v) is 6.36. The summed E-state index contributed by atoms with van der Waals surface area (Å²) in [6, 6.07) is 2.02. The molecule has 0 fully saturated rings. The van der Waals surface area contributed by atoms with Crippen LogP contribution in [0.4, 0.5) is 0 Å². The van der Waals surface area contributed by atoms with Crippen molar-refractivity contribution in [2.24, 2.45) is 0 Å². The number of aromatic amines is 1. The van der Waals surface area contributed by atoms with Crippen LogP contribution in [0, 0.1) is 20.8 Å². The maximum Gasteiger partial charge on any atom is 0.164 e. The van der Waals surface area contributed by atoms with Gasteiger partial charge in [0.2, 0.25) is 0 Å². The van der Waals surface area contributed by atoms with Crippen molar-refractivity contribution in [2.75, 3.05) is 0 Å².